The first-order valence-electron chi connectivity index (χ1n) is 18.3. The predicted octanol–water partition coefficient (Wildman–Crippen LogP) is 11.6. The van der Waals surface area contributed by atoms with Crippen LogP contribution in [0, 0.1) is 0 Å². The molecule has 0 saturated carbocycles. The number of hydrogen-bond donors (Lipinski definition) is 3. The summed E-state index contributed by atoms with van der Waals surface area (Å²) in [5.74, 6) is 0. The Morgan fingerprint density at radius 2 is 0.884 bits per heavy atom. The van der Waals surface area contributed by atoms with Gasteiger partial charge in [0.05, 0.1) is 0 Å². The zero-order chi connectivity index (χ0) is 31.3. The molecule has 246 valence electrons. The Bertz CT molecular complexity index is 993. The molecule has 2 aromatic carbocycles. The molecule has 2 rings (SSSR count). The summed E-state index contributed by atoms with van der Waals surface area (Å²) in [6.07, 6.45) is 27.6. The minimum Gasteiger partial charge on any atom is -0.0654 e. The van der Waals surface area contributed by atoms with Gasteiger partial charge in [0.25, 0.3) is 0 Å². The van der Waals surface area contributed by atoms with Gasteiger partial charge in [-0.1, -0.05) is 20.3 Å². The molecule has 0 radical (unpaired) electrons. The molecule has 0 unspecified atom stereocenters. The first-order valence-corrected chi connectivity index (χ1v) is 20.6. The molecule has 0 aliphatic rings. The maximum absolute atomic E-state index is 11.5. The van der Waals surface area contributed by atoms with E-state index in [-0.39, 0.29) is 6.16 Å². The molecule has 3 nitrogen and oxygen atoms in total. The molecule has 0 heterocycles. The zero-order valence-corrected chi connectivity index (χ0v) is 29.2. The molecule has 0 amide bonds. The van der Waals surface area contributed by atoms with Crippen LogP contribution < -0.4 is 5.30 Å². The Kier molecular flexibility index (Phi) is 18.9. The summed E-state index contributed by atoms with van der Waals surface area (Å²) in [5.41, 5.74) is 4.62. The number of aryl methyl sites for hydroxylation is 1. The molecular weight excluding hydrogens is 547 g/mol. The predicted molar refractivity (Wildman–Crippen MR) is 191 cm³/mol. The average Bonchev–Trinajstić information content (AvgIpc) is 3.00. The van der Waals surface area contributed by atoms with Crippen LogP contribution in [0.4, 0.5) is 0 Å². The van der Waals surface area contributed by atoms with Crippen molar-refractivity contribution in [3.05, 3.63) is 53.6 Å². The fourth-order valence-electron chi connectivity index (χ4n) is 6.53. The van der Waals surface area contributed by atoms with Gasteiger partial charge in [0.15, 0.2) is 0 Å². The van der Waals surface area contributed by atoms with E-state index in [1.165, 1.54) is 120 Å². The standard InChI is InChI=1S/C39H67O3P/c1-4-7-10-13-16-19-22-28-35-29-27-32-37(36(35)30-23-20-17-14-11-8-5-2)38-31-24-25-33-39(38)43(40,41,42)34-26-21-18-15-12-9-6-3/h24-25,27,29,31-33,40-42H,4-23,26,28,30,34H2,1-3H3. The quantitative estimate of drug-likeness (QED) is 0.0730. The Morgan fingerprint density at radius 3 is 1.44 bits per heavy atom. The second kappa shape index (κ2) is 21.5. The zero-order valence-electron chi connectivity index (χ0n) is 28.3. The van der Waals surface area contributed by atoms with Crippen molar-refractivity contribution in [3.8, 4) is 11.1 Å². The van der Waals surface area contributed by atoms with Crippen LogP contribution in [0.1, 0.15) is 167 Å². The normalized spacial score (nSPS) is 12.8. The van der Waals surface area contributed by atoms with E-state index in [0.717, 1.165) is 43.2 Å². The van der Waals surface area contributed by atoms with Crippen LogP contribution in [0.3, 0.4) is 0 Å². The van der Waals surface area contributed by atoms with Crippen LogP contribution in [-0.4, -0.2) is 20.8 Å². The van der Waals surface area contributed by atoms with Gasteiger partial charge in [0.2, 0.25) is 0 Å². The van der Waals surface area contributed by atoms with Gasteiger partial charge in [0, 0.05) is 0 Å². The molecule has 4 heteroatoms. The molecule has 0 bridgehead atoms. The van der Waals surface area contributed by atoms with Gasteiger partial charge in [-0.05, 0) is 0 Å². The molecule has 43 heavy (non-hydrogen) atoms. The summed E-state index contributed by atoms with van der Waals surface area (Å²) in [7, 11) is -5.02. The van der Waals surface area contributed by atoms with Crippen molar-refractivity contribution in [1.82, 2.24) is 0 Å². The van der Waals surface area contributed by atoms with E-state index < -0.39 is 7.28 Å². The third kappa shape index (κ3) is 14.6. The smallest absolute Gasteiger partial charge is 0.0654 e. The Balaban J connectivity index is 2.23. The van der Waals surface area contributed by atoms with Crippen molar-refractivity contribution in [2.45, 2.75) is 168 Å². The molecule has 3 N–H and O–H groups in total. The van der Waals surface area contributed by atoms with Gasteiger partial charge >= 0.3 is 246 Å². The van der Waals surface area contributed by atoms with Crippen LogP contribution in [0.25, 0.3) is 11.1 Å². The topological polar surface area (TPSA) is 60.7 Å². The SMILES string of the molecule is CCCCCCCCCc1cccc(-c2ccccc2P(O)(O)(O)CCCCCCCCC)c1CCCCCCCCC. The molecule has 0 aliphatic heterocycles. The number of benzene rings is 2. The molecule has 0 aromatic heterocycles. The summed E-state index contributed by atoms with van der Waals surface area (Å²) >= 11 is 0. The fourth-order valence-corrected chi connectivity index (χ4v) is 8.66. The molecule has 2 aromatic rings. The summed E-state index contributed by atoms with van der Waals surface area (Å²) in [6, 6.07) is 14.1. The van der Waals surface area contributed by atoms with Crippen LogP contribution >= 0.6 is 7.28 Å². The van der Waals surface area contributed by atoms with E-state index in [1.807, 2.05) is 18.2 Å². The van der Waals surface area contributed by atoms with E-state index in [0.29, 0.717) is 11.7 Å². The van der Waals surface area contributed by atoms with Crippen molar-refractivity contribution in [2.24, 2.45) is 0 Å². The van der Waals surface area contributed by atoms with Gasteiger partial charge in [-0.3, -0.25) is 0 Å². The van der Waals surface area contributed by atoms with E-state index >= 15 is 0 Å². The minimum absolute atomic E-state index is 0.0429. The summed E-state index contributed by atoms with van der Waals surface area (Å²) in [4.78, 5) is 34.5. The Labute approximate surface area is 266 Å². The number of hydrogen-bond acceptors (Lipinski definition) is 3. The monoisotopic (exact) mass is 614 g/mol. The Morgan fingerprint density at radius 1 is 0.442 bits per heavy atom. The van der Waals surface area contributed by atoms with Gasteiger partial charge < -0.3 is 0 Å². The van der Waals surface area contributed by atoms with Gasteiger partial charge in [0.1, 0.15) is 0 Å². The third-order valence-electron chi connectivity index (χ3n) is 9.21. The van der Waals surface area contributed by atoms with E-state index in [4.69, 9.17) is 0 Å². The van der Waals surface area contributed by atoms with Crippen molar-refractivity contribution in [2.75, 3.05) is 6.16 Å². The van der Waals surface area contributed by atoms with Gasteiger partial charge in [-0.15, -0.1) is 0 Å². The van der Waals surface area contributed by atoms with E-state index in [2.05, 4.69) is 39.0 Å². The van der Waals surface area contributed by atoms with E-state index in [9.17, 15) is 14.7 Å². The Hall–Kier alpha value is -1.25. The maximum atomic E-state index is 11.5. The molecule has 0 fully saturated rings. The molecule has 0 aliphatic carbocycles. The fraction of sp³-hybridized carbons (Fsp3) is 0.692. The van der Waals surface area contributed by atoms with Crippen molar-refractivity contribution >= 4 is 12.6 Å². The molecule has 0 atom stereocenters. The van der Waals surface area contributed by atoms with Gasteiger partial charge in [-0.2, -0.15) is 0 Å². The summed E-state index contributed by atoms with van der Waals surface area (Å²) in [5, 5.41) is 0.341. The first kappa shape index (κ1) is 37.9. The molecule has 0 spiro atoms. The molecule has 0 saturated heterocycles. The van der Waals surface area contributed by atoms with Crippen LogP contribution in [0.2, 0.25) is 0 Å². The average molecular weight is 615 g/mol. The third-order valence-corrected chi connectivity index (χ3v) is 11.7. The first-order chi connectivity index (χ1) is 20.8. The van der Waals surface area contributed by atoms with Crippen molar-refractivity contribution < 1.29 is 14.7 Å². The summed E-state index contributed by atoms with van der Waals surface area (Å²) in [6.45, 7) is 6.75. The van der Waals surface area contributed by atoms with Crippen LogP contribution in [-0.2, 0) is 12.8 Å². The van der Waals surface area contributed by atoms with Crippen molar-refractivity contribution in [1.29, 1.82) is 0 Å². The van der Waals surface area contributed by atoms with Crippen molar-refractivity contribution in [3.63, 3.8) is 0 Å². The minimum atomic E-state index is -5.02. The van der Waals surface area contributed by atoms with Crippen LogP contribution in [0.5, 0.6) is 0 Å². The second-order valence-electron chi connectivity index (χ2n) is 13.2. The van der Waals surface area contributed by atoms with Crippen LogP contribution in [0.15, 0.2) is 42.5 Å². The van der Waals surface area contributed by atoms with E-state index in [1.54, 1.807) is 6.07 Å². The summed E-state index contributed by atoms with van der Waals surface area (Å²) < 4.78 is 0. The number of unbranched alkanes of at least 4 members (excludes halogenated alkanes) is 18. The second-order valence-corrected chi connectivity index (χ2v) is 16.4. The van der Waals surface area contributed by atoms with Gasteiger partial charge in [-0.25, -0.2) is 0 Å². The molecular formula is C39H67O3P. The number of rotatable bonds is 26.